The summed E-state index contributed by atoms with van der Waals surface area (Å²) in [4.78, 5) is 4.20. The van der Waals surface area contributed by atoms with Gasteiger partial charge in [0.05, 0.1) is 5.69 Å². The predicted molar refractivity (Wildman–Crippen MR) is 45.8 cm³/mol. The zero-order chi connectivity index (χ0) is 7.68. The standard InChI is InChI=1S/C8H11N3/c1-6-5-10-7-3-2-4-9-8(7)11-6/h2-4,6,10H,5H2,1H3,(H,9,11). The van der Waals surface area contributed by atoms with Gasteiger partial charge in [-0.2, -0.15) is 0 Å². The van der Waals surface area contributed by atoms with Gasteiger partial charge in [0.25, 0.3) is 0 Å². The van der Waals surface area contributed by atoms with Crippen molar-refractivity contribution in [1.82, 2.24) is 4.98 Å². The molecule has 0 fully saturated rings. The Morgan fingerprint density at radius 2 is 2.55 bits per heavy atom. The minimum Gasteiger partial charge on any atom is -0.380 e. The lowest BCUT2D eigenvalue weighted by atomic mass is 10.2. The summed E-state index contributed by atoms with van der Waals surface area (Å²) in [5.74, 6) is 0.964. The molecule has 2 heterocycles. The van der Waals surface area contributed by atoms with E-state index in [1.807, 2.05) is 12.1 Å². The van der Waals surface area contributed by atoms with E-state index in [0.29, 0.717) is 6.04 Å². The lowest BCUT2D eigenvalue weighted by Gasteiger charge is -2.24. The molecule has 2 rings (SSSR count). The first-order valence-corrected chi connectivity index (χ1v) is 3.81. The Labute approximate surface area is 65.8 Å². The van der Waals surface area contributed by atoms with Crippen LogP contribution in [0.2, 0.25) is 0 Å². The SMILES string of the molecule is CC1CNc2cccnc2N1. The van der Waals surface area contributed by atoms with Crippen LogP contribution in [0.15, 0.2) is 18.3 Å². The van der Waals surface area contributed by atoms with Crippen LogP contribution in [0.4, 0.5) is 11.5 Å². The van der Waals surface area contributed by atoms with E-state index in [-0.39, 0.29) is 0 Å². The molecule has 1 unspecified atom stereocenters. The van der Waals surface area contributed by atoms with E-state index < -0.39 is 0 Å². The van der Waals surface area contributed by atoms with Crippen LogP contribution >= 0.6 is 0 Å². The third-order valence-electron chi connectivity index (χ3n) is 1.79. The Balaban J connectivity index is 2.34. The fraction of sp³-hybridized carbons (Fsp3) is 0.375. The third-order valence-corrected chi connectivity index (χ3v) is 1.79. The van der Waals surface area contributed by atoms with Crippen LogP contribution in [0.1, 0.15) is 6.92 Å². The van der Waals surface area contributed by atoms with Crippen LogP contribution in [0.3, 0.4) is 0 Å². The summed E-state index contributed by atoms with van der Waals surface area (Å²) >= 11 is 0. The third kappa shape index (κ3) is 1.13. The highest BCUT2D eigenvalue weighted by Crippen LogP contribution is 2.21. The molecule has 0 saturated heterocycles. The van der Waals surface area contributed by atoms with E-state index in [0.717, 1.165) is 18.1 Å². The van der Waals surface area contributed by atoms with Gasteiger partial charge in [0, 0.05) is 18.8 Å². The van der Waals surface area contributed by atoms with Gasteiger partial charge in [-0.05, 0) is 19.1 Å². The molecule has 1 atom stereocenters. The summed E-state index contributed by atoms with van der Waals surface area (Å²) < 4.78 is 0. The van der Waals surface area contributed by atoms with Crippen molar-refractivity contribution in [3.63, 3.8) is 0 Å². The Bertz CT molecular complexity index is 259. The van der Waals surface area contributed by atoms with Gasteiger partial charge < -0.3 is 10.6 Å². The number of rotatable bonds is 0. The minimum atomic E-state index is 0.470. The van der Waals surface area contributed by atoms with Crippen molar-refractivity contribution in [1.29, 1.82) is 0 Å². The second-order valence-electron chi connectivity index (χ2n) is 2.83. The quantitative estimate of drug-likeness (QED) is 0.584. The molecule has 0 aromatic carbocycles. The average Bonchev–Trinajstić information content (AvgIpc) is 2.04. The highest BCUT2D eigenvalue weighted by molar-refractivity contribution is 5.66. The molecule has 1 aromatic rings. The van der Waals surface area contributed by atoms with Crippen molar-refractivity contribution in [2.24, 2.45) is 0 Å². The molecule has 0 radical (unpaired) electrons. The first-order valence-electron chi connectivity index (χ1n) is 3.81. The van der Waals surface area contributed by atoms with Crippen LogP contribution in [0, 0.1) is 0 Å². The monoisotopic (exact) mass is 149 g/mol. The predicted octanol–water partition coefficient (Wildman–Crippen LogP) is 1.31. The summed E-state index contributed by atoms with van der Waals surface area (Å²) in [6.07, 6.45) is 1.80. The number of nitrogens with zero attached hydrogens (tertiary/aromatic N) is 1. The molecular formula is C8H11N3. The van der Waals surface area contributed by atoms with Crippen LogP contribution in [-0.2, 0) is 0 Å². The Morgan fingerprint density at radius 1 is 1.64 bits per heavy atom. The van der Waals surface area contributed by atoms with Crippen molar-refractivity contribution in [2.45, 2.75) is 13.0 Å². The first-order chi connectivity index (χ1) is 5.36. The highest BCUT2D eigenvalue weighted by atomic mass is 15.1. The molecule has 0 amide bonds. The van der Waals surface area contributed by atoms with Crippen molar-refractivity contribution in [2.75, 3.05) is 17.2 Å². The maximum atomic E-state index is 4.20. The fourth-order valence-corrected chi connectivity index (χ4v) is 1.21. The normalized spacial score (nSPS) is 21.4. The van der Waals surface area contributed by atoms with Gasteiger partial charge in [-0.1, -0.05) is 0 Å². The minimum absolute atomic E-state index is 0.470. The van der Waals surface area contributed by atoms with E-state index in [1.165, 1.54) is 0 Å². The van der Waals surface area contributed by atoms with E-state index in [2.05, 4.69) is 22.5 Å². The van der Waals surface area contributed by atoms with Gasteiger partial charge in [0.2, 0.25) is 0 Å². The van der Waals surface area contributed by atoms with Crippen molar-refractivity contribution >= 4 is 11.5 Å². The van der Waals surface area contributed by atoms with Crippen LogP contribution in [0.5, 0.6) is 0 Å². The van der Waals surface area contributed by atoms with Gasteiger partial charge in [0.1, 0.15) is 5.82 Å². The van der Waals surface area contributed by atoms with E-state index in [1.54, 1.807) is 6.20 Å². The molecule has 3 nitrogen and oxygen atoms in total. The Kier molecular flexibility index (Phi) is 1.42. The van der Waals surface area contributed by atoms with Crippen molar-refractivity contribution in [3.8, 4) is 0 Å². The Morgan fingerprint density at radius 3 is 3.45 bits per heavy atom. The molecule has 0 aliphatic carbocycles. The van der Waals surface area contributed by atoms with Crippen molar-refractivity contribution in [3.05, 3.63) is 18.3 Å². The molecular weight excluding hydrogens is 138 g/mol. The largest absolute Gasteiger partial charge is 0.380 e. The molecule has 0 bridgehead atoms. The second-order valence-corrected chi connectivity index (χ2v) is 2.83. The summed E-state index contributed by atoms with van der Waals surface area (Å²) in [7, 11) is 0. The van der Waals surface area contributed by atoms with Crippen LogP contribution in [0.25, 0.3) is 0 Å². The summed E-state index contributed by atoms with van der Waals surface area (Å²) in [6, 6.07) is 4.43. The van der Waals surface area contributed by atoms with Gasteiger partial charge in [0.15, 0.2) is 0 Å². The summed E-state index contributed by atoms with van der Waals surface area (Å²) in [5, 5.41) is 6.57. The number of pyridine rings is 1. The molecule has 2 N–H and O–H groups in total. The maximum Gasteiger partial charge on any atom is 0.149 e. The fourth-order valence-electron chi connectivity index (χ4n) is 1.21. The van der Waals surface area contributed by atoms with Gasteiger partial charge in [-0.3, -0.25) is 0 Å². The molecule has 11 heavy (non-hydrogen) atoms. The number of hydrogen-bond donors (Lipinski definition) is 2. The number of nitrogens with one attached hydrogen (secondary N) is 2. The second kappa shape index (κ2) is 2.42. The lowest BCUT2D eigenvalue weighted by molar-refractivity contribution is 0.808. The smallest absolute Gasteiger partial charge is 0.149 e. The highest BCUT2D eigenvalue weighted by Gasteiger charge is 2.12. The molecule has 0 saturated carbocycles. The molecule has 58 valence electrons. The zero-order valence-electron chi connectivity index (χ0n) is 6.46. The van der Waals surface area contributed by atoms with Crippen LogP contribution < -0.4 is 10.6 Å². The summed E-state index contributed by atoms with van der Waals surface area (Å²) in [5.41, 5.74) is 1.10. The van der Waals surface area contributed by atoms with Gasteiger partial charge >= 0.3 is 0 Å². The van der Waals surface area contributed by atoms with Gasteiger partial charge in [-0.25, -0.2) is 4.98 Å². The van der Waals surface area contributed by atoms with E-state index >= 15 is 0 Å². The number of aromatic nitrogens is 1. The van der Waals surface area contributed by atoms with Gasteiger partial charge in [-0.15, -0.1) is 0 Å². The van der Waals surface area contributed by atoms with E-state index in [4.69, 9.17) is 0 Å². The zero-order valence-corrected chi connectivity index (χ0v) is 6.46. The molecule has 1 aromatic heterocycles. The molecule has 3 heteroatoms. The van der Waals surface area contributed by atoms with E-state index in [9.17, 15) is 0 Å². The van der Waals surface area contributed by atoms with Crippen molar-refractivity contribution < 1.29 is 0 Å². The molecule has 0 spiro atoms. The van der Waals surface area contributed by atoms with Crippen LogP contribution in [-0.4, -0.2) is 17.6 Å². The first kappa shape index (κ1) is 6.46. The summed E-state index contributed by atoms with van der Waals surface area (Å²) in [6.45, 7) is 3.10. The lowest BCUT2D eigenvalue weighted by Crippen LogP contribution is -2.30. The molecule has 1 aliphatic rings. The number of anilines is 2. The number of hydrogen-bond acceptors (Lipinski definition) is 3. The number of fused-ring (bicyclic) bond motifs is 1. The topological polar surface area (TPSA) is 37.0 Å². The maximum absolute atomic E-state index is 4.20. The Hall–Kier alpha value is -1.25. The molecule has 1 aliphatic heterocycles. The average molecular weight is 149 g/mol.